The molecule has 0 spiro atoms. The molecule has 0 saturated carbocycles. The van der Waals surface area contributed by atoms with Gasteiger partial charge < -0.3 is 19.3 Å². The van der Waals surface area contributed by atoms with Crippen LogP contribution in [0.1, 0.15) is 45.5 Å². The van der Waals surface area contributed by atoms with Crippen molar-refractivity contribution < 1.29 is 28.2 Å². The van der Waals surface area contributed by atoms with Crippen LogP contribution in [0.4, 0.5) is 14.9 Å². The van der Waals surface area contributed by atoms with Crippen molar-refractivity contribution >= 4 is 34.5 Å². The number of methoxy groups -OCH3 is 1. The van der Waals surface area contributed by atoms with E-state index in [2.05, 4.69) is 21.2 Å². The van der Waals surface area contributed by atoms with E-state index in [0.29, 0.717) is 46.7 Å². The molecular weight excluding hydrogens is 597 g/mol. The average Bonchev–Trinajstić information content (AvgIpc) is 3.29. The lowest BCUT2D eigenvalue weighted by Gasteiger charge is -2.36. The minimum absolute atomic E-state index is 0.129. The van der Waals surface area contributed by atoms with E-state index < -0.39 is 10.6 Å². The number of hydrogen-bond donors (Lipinski definition) is 1. The number of thioether (sulfide) groups is 1. The number of nitrogens with one attached hydrogen (secondary N) is 1. The van der Waals surface area contributed by atoms with E-state index in [1.165, 1.54) is 6.07 Å². The van der Waals surface area contributed by atoms with Gasteiger partial charge in [0.2, 0.25) is 5.91 Å². The number of amides is 3. The highest BCUT2D eigenvalue weighted by molar-refractivity contribution is 8.14. The number of hydrogen-bond acceptors (Lipinski definition) is 9. The van der Waals surface area contributed by atoms with Gasteiger partial charge in [0.25, 0.3) is 11.1 Å². The number of carbonyl (C=O) groups excluding carboxylic acids is 3. The Kier molecular flexibility index (Phi) is 8.91. The monoisotopic (exact) mass is 629 g/mol. The van der Waals surface area contributed by atoms with Crippen molar-refractivity contribution in [3.63, 3.8) is 0 Å². The van der Waals surface area contributed by atoms with Crippen LogP contribution in [0.3, 0.4) is 0 Å². The molecule has 1 N–H and O–H groups in total. The first-order valence-electron chi connectivity index (χ1n) is 14.7. The van der Waals surface area contributed by atoms with E-state index in [9.17, 15) is 19.6 Å². The van der Waals surface area contributed by atoms with E-state index in [0.717, 1.165) is 49.2 Å². The molecule has 3 aliphatic heterocycles. The molecule has 3 aliphatic rings. The molecule has 3 heterocycles. The van der Waals surface area contributed by atoms with Gasteiger partial charge in [-0.15, -0.1) is 0 Å². The molecule has 1 atom stereocenters. The average molecular weight is 630 g/mol. The van der Waals surface area contributed by atoms with Gasteiger partial charge in [-0.25, -0.2) is 4.39 Å². The number of benzene rings is 3. The molecule has 2 fully saturated rings. The number of nitrogens with zero attached hydrogens (tertiary/aromatic N) is 4. The summed E-state index contributed by atoms with van der Waals surface area (Å²) in [5.41, 5.74) is 3.99. The number of imide groups is 1. The quantitative estimate of drug-likeness (QED) is 0.380. The first-order chi connectivity index (χ1) is 21.8. The van der Waals surface area contributed by atoms with Crippen LogP contribution in [0, 0.1) is 17.1 Å². The minimum Gasteiger partial charge on any atom is -0.495 e. The molecule has 0 radical (unpaired) electrons. The molecule has 0 bridgehead atoms. The Hall–Kier alpha value is -4.60. The van der Waals surface area contributed by atoms with Crippen molar-refractivity contribution in [3.8, 4) is 17.6 Å². The molecule has 2 saturated heterocycles. The van der Waals surface area contributed by atoms with Crippen LogP contribution in [0.2, 0.25) is 0 Å². The number of ether oxygens (including phenoxy) is 2. The van der Waals surface area contributed by atoms with E-state index >= 15 is 4.39 Å². The Labute approximate surface area is 264 Å². The molecule has 6 rings (SSSR count). The lowest BCUT2D eigenvalue weighted by molar-refractivity contribution is -0.119. The Balaban J connectivity index is 1.04. The summed E-state index contributed by atoms with van der Waals surface area (Å²) in [6.07, 6.45) is 0.546. The van der Waals surface area contributed by atoms with E-state index in [4.69, 9.17) is 9.47 Å². The molecule has 12 heteroatoms. The molecular formula is C33H32FN5O5S. The number of nitriles is 1. The van der Waals surface area contributed by atoms with Crippen molar-refractivity contribution in [2.45, 2.75) is 37.9 Å². The first-order valence-corrected chi connectivity index (χ1v) is 15.6. The predicted molar refractivity (Wildman–Crippen MR) is 166 cm³/mol. The normalized spacial score (nSPS) is 18.7. The largest absolute Gasteiger partial charge is 0.495 e. The van der Waals surface area contributed by atoms with Gasteiger partial charge in [0.15, 0.2) is 0 Å². The molecule has 3 amide bonds. The number of rotatable bonds is 8. The molecule has 10 nitrogen and oxygen atoms in total. The topological polar surface area (TPSA) is 115 Å². The van der Waals surface area contributed by atoms with Crippen LogP contribution in [0.15, 0.2) is 54.6 Å². The zero-order chi connectivity index (χ0) is 31.5. The minimum atomic E-state index is -0.459. The van der Waals surface area contributed by atoms with Crippen LogP contribution >= 0.6 is 11.8 Å². The highest BCUT2D eigenvalue weighted by atomic mass is 32.2. The molecule has 0 aliphatic carbocycles. The van der Waals surface area contributed by atoms with Crippen molar-refractivity contribution in [1.29, 1.82) is 5.26 Å². The molecule has 232 valence electrons. The standard InChI is InChI=1S/C33H32FN5O5S/c1-43-29-16-24(8-7-22(29)17-35)38-13-11-37(12-14-38)18-23-6-5-21(15-27(23)34)20-44-28-4-2-3-25-26(28)19-39(32(25)41)31-10-9-30(40)36-33(42)45-31/h2-8,15-16,31H,9-14,18-20H2,1H3,(H,36,40,42)/t31-/m1/s1. The number of carbonyl (C=O) groups is 3. The van der Waals surface area contributed by atoms with Crippen molar-refractivity contribution in [3.05, 3.63) is 88.2 Å². The zero-order valence-electron chi connectivity index (χ0n) is 24.8. The Morgan fingerprint density at radius 3 is 2.62 bits per heavy atom. The smallest absolute Gasteiger partial charge is 0.287 e. The number of anilines is 1. The van der Waals surface area contributed by atoms with Crippen LogP contribution < -0.4 is 19.7 Å². The molecule has 45 heavy (non-hydrogen) atoms. The van der Waals surface area contributed by atoms with Gasteiger partial charge in [-0.05, 0) is 54.1 Å². The van der Waals surface area contributed by atoms with Gasteiger partial charge in [-0.2, -0.15) is 5.26 Å². The van der Waals surface area contributed by atoms with Crippen LogP contribution in [0.25, 0.3) is 0 Å². The van der Waals surface area contributed by atoms with Crippen molar-refractivity contribution in [1.82, 2.24) is 15.1 Å². The fourth-order valence-corrected chi connectivity index (χ4v) is 6.85. The van der Waals surface area contributed by atoms with Crippen molar-refractivity contribution in [2.75, 3.05) is 38.2 Å². The summed E-state index contributed by atoms with van der Waals surface area (Å²) < 4.78 is 26.6. The van der Waals surface area contributed by atoms with E-state index in [1.807, 2.05) is 18.2 Å². The third kappa shape index (κ3) is 6.60. The van der Waals surface area contributed by atoms with Gasteiger partial charge in [0.05, 0.1) is 24.6 Å². The van der Waals surface area contributed by atoms with E-state index in [-0.39, 0.29) is 37.2 Å². The Morgan fingerprint density at radius 1 is 1.04 bits per heavy atom. The summed E-state index contributed by atoms with van der Waals surface area (Å²) in [5.74, 6) is 0.241. The van der Waals surface area contributed by atoms with E-state index in [1.54, 1.807) is 42.3 Å². The van der Waals surface area contributed by atoms with Crippen LogP contribution in [-0.2, 0) is 24.5 Å². The fraction of sp³-hybridized carbons (Fsp3) is 0.333. The lowest BCUT2D eigenvalue weighted by Crippen LogP contribution is -2.46. The van der Waals surface area contributed by atoms with Crippen molar-refractivity contribution in [2.24, 2.45) is 0 Å². The summed E-state index contributed by atoms with van der Waals surface area (Å²) in [7, 11) is 1.56. The maximum atomic E-state index is 15.2. The predicted octanol–water partition coefficient (Wildman–Crippen LogP) is 4.65. The summed E-state index contributed by atoms with van der Waals surface area (Å²) in [6, 6.07) is 18.1. The van der Waals surface area contributed by atoms with Crippen LogP contribution in [-0.4, -0.2) is 65.5 Å². The van der Waals surface area contributed by atoms with Crippen LogP contribution in [0.5, 0.6) is 11.5 Å². The highest BCUT2D eigenvalue weighted by Gasteiger charge is 2.37. The summed E-state index contributed by atoms with van der Waals surface area (Å²) in [5, 5.41) is 10.6. The second kappa shape index (κ2) is 13.2. The van der Waals surface area contributed by atoms with Gasteiger partial charge >= 0.3 is 0 Å². The van der Waals surface area contributed by atoms with Gasteiger partial charge in [0, 0.05) is 67.6 Å². The molecule has 3 aromatic carbocycles. The Morgan fingerprint density at radius 2 is 1.87 bits per heavy atom. The second-order valence-electron chi connectivity index (χ2n) is 11.1. The van der Waals surface area contributed by atoms with Gasteiger partial charge in [-0.1, -0.05) is 18.2 Å². The maximum absolute atomic E-state index is 15.2. The first kappa shape index (κ1) is 30.4. The SMILES string of the molecule is COc1cc(N2CCN(Cc3ccc(COc4cccc5c4CN([C@H]4CCC(=O)NC(=O)S4)C5=O)cc3F)CC2)ccc1C#N. The maximum Gasteiger partial charge on any atom is 0.287 e. The number of fused-ring (bicyclic) bond motifs is 1. The zero-order valence-corrected chi connectivity index (χ0v) is 25.6. The third-order valence-electron chi connectivity index (χ3n) is 8.35. The summed E-state index contributed by atoms with van der Waals surface area (Å²) in [6.45, 7) is 3.96. The number of piperazine rings is 1. The fourth-order valence-electron chi connectivity index (χ4n) is 5.90. The van der Waals surface area contributed by atoms with Gasteiger partial charge in [-0.3, -0.25) is 24.6 Å². The Bertz CT molecular complexity index is 1690. The van der Waals surface area contributed by atoms with Gasteiger partial charge in [0.1, 0.15) is 30.0 Å². The summed E-state index contributed by atoms with van der Waals surface area (Å²) in [4.78, 5) is 43.0. The molecule has 0 unspecified atom stereocenters. The second-order valence-corrected chi connectivity index (χ2v) is 12.3. The summed E-state index contributed by atoms with van der Waals surface area (Å²) >= 11 is 0.947. The lowest BCUT2D eigenvalue weighted by atomic mass is 10.1. The molecule has 0 aromatic heterocycles. The highest BCUT2D eigenvalue weighted by Crippen LogP contribution is 2.37. The molecule has 3 aromatic rings. The third-order valence-corrected chi connectivity index (χ3v) is 9.43. The number of halogens is 1.